The molecule has 0 saturated heterocycles. The van der Waals surface area contributed by atoms with Crippen LogP contribution in [-0.4, -0.2) is 31.3 Å². The van der Waals surface area contributed by atoms with Crippen LogP contribution in [0.25, 0.3) is 0 Å². The minimum Gasteiger partial charge on any atom is -0.384 e. The Morgan fingerprint density at radius 3 is 2.62 bits per heavy atom. The second-order valence-electron chi connectivity index (χ2n) is 3.60. The van der Waals surface area contributed by atoms with E-state index in [1.807, 2.05) is 6.92 Å². The number of nitrogens with two attached hydrogens (primary N) is 1. The van der Waals surface area contributed by atoms with Crippen LogP contribution in [0.5, 0.6) is 0 Å². The average Bonchev–Trinajstić information content (AvgIpc) is 2.26. The highest BCUT2D eigenvalue weighted by Crippen LogP contribution is 2.14. The monoisotopic (exact) mass is 243 g/mol. The summed E-state index contributed by atoms with van der Waals surface area (Å²) in [5, 5.41) is 0. The molecule has 0 saturated carbocycles. The quantitative estimate of drug-likeness (QED) is 0.839. The zero-order chi connectivity index (χ0) is 12.2. The lowest BCUT2D eigenvalue weighted by Crippen LogP contribution is -2.28. The van der Waals surface area contributed by atoms with E-state index in [-0.39, 0.29) is 4.90 Å². The van der Waals surface area contributed by atoms with Gasteiger partial charge in [-0.15, -0.1) is 0 Å². The number of rotatable bonds is 5. The molecule has 0 spiro atoms. The molecule has 90 valence electrons. The Morgan fingerprint density at radius 2 is 2.12 bits per heavy atom. The maximum absolute atomic E-state index is 12.0. The standard InChI is InChI=1S/C10H17N3O2S/c1-3-4-7-13(2)16(14,15)9-5-6-10(11)12-8-9/h5-6,8H,3-4,7H2,1-2H3,(H2,11,12). The van der Waals surface area contributed by atoms with Crippen molar-refractivity contribution in [2.75, 3.05) is 19.3 Å². The van der Waals surface area contributed by atoms with Gasteiger partial charge in [-0.2, -0.15) is 0 Å². The molecule has 0 radical (unpaired) electrons. The lowest BCUT2D eigenvalue weighted by molar-refractivity contribution is 0.459. The van der Waals surface area contributed by atoms with Gasteiger partial charge in [0, 0.05) is 19.8 Å². The molecule has 0 aromatic carbocycles. The third-order valence-electron chi connectivity index (χ3n) is 2.29. The van der Waals surface area contributed by atoms with Gasteiger partial charge in [-0.05, 0) is 18.6 Å². The summed E-state index contributed by atoms with van der Waals surface area (Å²) in [6.45, 7) is 2.54. The number of hydrogen-bond donors (Lipinski definition) is 1. The van der Waals surface area contributed by atoms with Crippen molar-refractivity contribution in [3.05, 3.63) is 18.3 Å². The van der Waals surface area contributed by atoms with Crippen LogP contribution in [0.15, 0.2) is 23.2 Å². The van der Waals surface area contributed by atoms with E-state index < -0.39 is 10.0 Å². The summed E-state index contributed by atoms with van der Waals surface area (Å²) >= 11 is 0. The van der Waals surface area contributed by atoms with E-state index in [1.54, 1.807) is 7.05 Å². The van der Waals surface area contributed by atoms with Crippen LogP contribution in [0, 0.1) is 0 Å². The van der Waals surface area contributed by atoms with Crippen molar-refractivity contribution < 1.29 is 8.42 Å². The summed E-state index contributed by atoms with van der Waals surface area (Å²) in [4.78, 5) is 3.96. The summed E-state index contributed by atoms with van der Waals surface area (Å²) in [6, 6.07) is 2.96. The van der Waals surface area contributed by atoms with Crippen molar-refractivity contribution in [3.63, 3.8) is 0 Å². The zero-order valence-corrected chi connectivity index (χ0v) is 10.4. The summed E-state index contributed by atoms with van der Waals surface area (Å²) in [7, 11) is -1.84. The van der Waals surface area contributed by atoms with Gasteiger partial charge in [0.2, 0.25) is 10.0 Å². The maximum Gasteiger partial charge on any atom is 0.244 e. The van der Waals surface area contributed by atoms with Crippen LogP contribution >= 0.6 is 0 Å². The summed E-state index contributed by atoms with van der Waals surface area (Å²) in [5.74, 6) is 0.315. The molecule has 0 bridgehead atoms. The van der Waals surface area contributed by atoms with Crippen LogP contribution in [0.1, 0.15) is 19.8 Å². The fraction of sp³-hybridized carbons (Fsp3) is 0.500. The number of hydrogen-bond acceptors (Lipinski definition) is 4. The van der Waals surface area contributed by atoms with Crippen molar-refractivity contribution in [1.29, 1.82) is 0 Å². The Kier molecular flexibility index (Phi) is 4.26. The number of pyridine rings is 1. The van der Waals surface area contributed by atoms with Crippen molar-refractivity contribution in [2.45, 2.75) is 24.7 Å². The van der Waals surface area contributed by atoms with E-state index in [2.05, 4.69) is 4.98 Å². The van der Waals surface area contributed by atoms with Gasteiger partial charge in [-0.1, -0.05) is 13.3 Å². The van der Waals surface area contributed by atoms with Gasteiger partial charge in [0.15, 0.2) is 0 Å². The topological polar surface area (TPSA) is 76.3 Å². The van der Waals surface area contributed by atoms with E-state index in [1.165, 1.54) is 22.6 Å². The first-order valence-corrected chi connectivity index (χ1v) is 6.60. The summed E-state index contributed by atoms with van der Waals surface area (Å²) < 4.78 is 25.3. The van der Waals surface area contributed by atoms with Crippen molar-refractivity contribution in [2.24, 2.45) is 0 Å². The summed E-state index contributed by atoms with van der Waals surface area (Å²) in [5.41, 5.74) is 5.41. The predicted octanol–water partition coefficient (Wildman–Crippen LogP) is 1.08. The molecular formula is C10H17N3O2S. The second kappa shape index (κ2) is 5.27. The highest BCUT2D eigenvalue weighted by molar-refractivity contribution is 7.89. The molecule has 6 heteroatoms. The molecule has 1 aromatic heterocycles. The van der Waals surface area contributed by atoms with Crippen molar-refractivity contribution in [3.8, 4) is 0 Å². The first kappa shape index (κ1) is 12.9. The van der Waals surface area contributed by atoms with Gasteiger partial charge < -0.3 is 5.73 Å². The van der Waals surface area contributed by atoms with Gasteiger partial charge in [-0.3, -0.25) is 0 Å². The SMILES string of the molecule is CCCCN(C)S(=O)(=O)c1ccc(N)nc1. The molecule has 0 aliphatic heterocycles. The Morgan fingerprint density at radius 1 is 1.44 bits per heavy atom. The van der Waals surface area contributed by atoms with Crippen molar-refractivity contribution >= 4 is 15.8 Å². The van der Waals surface area contributed by atoms with Gasteiger partial charge >= 0.3 is 0 Å². The van der Waals surface area contributed by atoms with Gasteiger partial charge in [0.1, 0.15) is 10.7 Å². The van der Waals surface area contributed by atoms with E-state index in [0.29, 0.717) is 12.4 Å². The smallest absolute Gasteiger partial charge is 0.244 e. The van der Waals surface area contributed by atoms with Crippen LogP contribution in [0.4, 0.5) is 5.82 Å². The minimum absolute atomic E-state index is 0.181. The molecule has 0 fully saturated rings. The Balaban J connectivity index is 2.89. The second-order valence-corrected chi connectivity index (χ2v) is 5.64. The van der Waals surface area contributed by atoms with Crippen LogP contribution in [0.3, 0.4) is 0 Å². The fourth-order valence-corrected chi connectivity index (χ4v) is 2.38. The maximum atomic E-state index is 12.0. The number of sulfonamides is 1. The number of nitrogen functional groups attached to an aromatic ring is 1. The molecule has 16 heavy (non-hydrogen) atoms. The largest absolute Gasteiger partial charge is 0.384 e. The molecule has 1 aromatic rings. The van der Waals surface area contributed by atoms with E-state index in [0.717, 1.165) is 12.8 Å². The average molecular weight is 243 g/mol. The minimum atomic E-state index is -3.41. The molecule has 2 N–H and O–H groups in total. The molecule has 1 heterocycles. The Bertz CT molecular complexity index is 428. The number of anilines is 1. The molecule has 0 amide bonds. The lowest BCUT2D eigenvalue weighted by atomic mass is 10.3. The van der Waals surface area contributed by atoms with Gasteiger partial charge in [-0.25, -0.2) is 17.7 Å². The van der Waals surface area contributed by atoms with E-state index >= 15 is 0 Å². The third kappa shape index (κ3) is 2.93. The number of aromatic nitrogens is 1. The Labute approximate surface area is 96.3 Å². The highest BCUT2D eigenvalue weighted by atomic mass is 32.2. The fourth-order valence-electron chi connectivity index (χ4n) is 1.23. The molecule has 0 unspecified atom stereocenters. The first-order chi connectivity index (χ1) is 7.48. The number of nitrogens with zero attached hydrogens (tertiary/aromatic N) is 2. The molecule has 0 aliphatic carbocycles. The van der Waals surface area contributed by atoms with Crippen LogP contribution in [0.2, 0.25) is 0 Å². The lowest BCUT2D eigenvalue weighted by Gasteiger charge is -2.16. The van der Waals surface area contributed by atoms with E-state index in [4.69, 9.17) is 5.73 Å². The summed E-state index contributed by atoms with van der Waals surface area (Å²) in [6.07, 6.45) is 3.09. The molecule has 5 nitrogen and oxygen atoms in total. The Hall–Kier alpha value is -1.14. The normalized spacial score (nSPS) is 11.9. The van der Waals surface area contributed by atoms with Gasteiger partial charge in [0.25, 0.3) is 0 Å². The third-order valence-corrected chi connectivity index (χ3v) is 4.13. The zero-order valence-electron chi connectivity index (χ0n) is 9.55. The predicted molar refractivity (Wildman–Crippen MR) is 63.4 cm³/mol. The highest BCUT2D eigenvalue weighted by Gasteiger charge is 2.20. The van der Waals surface area contributed by atoms with Crippen molar-refractivity contribution in [1.82, 2.24) is 9.29 Å². The first-order valence-electron chi connectivity index (χ1n) is 5.16. The molecule has 1 rings (SSSR count). The molecular weight excluding hydrogens is 226 g/mol. The molecule has 0 atom stereocenters. The van der Waals surface area contributed by atoms with Crippen LogP contribution < -0.4 is 5.73 Å². The molecule has 0 aliphatic rings. The van der Waals surface area contributed by atoms with Gasteiger partial charge in [0.05, 0.1) is 0 Å². The van der Waals surface area contributed by atoms with Crippen LogP contribution in [-0.2, 0) is 10.0 Å². The number of unbranched alkanes of at least 4 members (excludes halogenated alkanes) is 1. The van der Waals surface area contributed by atoms with E-state index in [9.17, 15) is 8.42 Å².